The quantitative estimate of drug-likeness (QED) is 0.697. The SMILES string of the molecule is N#CCCCCCNC(=O)NC1CCCCC1. The summed E-state index contributed by atoms with van der Waals surface area (Å²) >= 11 is 0. The Labute approximate surface area is 104 Å². The van der Waals surface area contributed by atoms with E-state index >= 15 is 0 Å². The third kappa shape index (κ3) is 6.83. The number of nitrogens with zero attached hydrogens (tertiary/aromatic N) is 1. The number of rotatable bonds is 6. The summed E-state index contributed by atoms with van der Waals surface area (Å²) < 4.78 is 0. The van der Waals surface area contributed by atoms with E-state index in [2.05, 4.69) is 16.7 Å². The first-order valence-corrected chi connectivity index (χ1v) is 6.74. The Hall–Kier alpha value is -1.24. The molecule has 0 aromatic heterocycles. The van der Waals surface area contributed by atoms with Gasteiger partial charge in [-0.15, -0.1) is 0 Å². The fraction of sp³-hybridized carbons (Fsp3) is 0.846. The lowest BCUT2D eigenvalue weighted by Gasteiger charge is -2.22. The van der Waals surface area contributed by atoms with E-state index in [1.165, 1.54) is 19.3 Å². The largest absolute Gasteiger partial charge is 0.338 e. The van der Waals surface area contributed by atoms with Crippen LogP contribution in [0.25, 0.3) is 0 Å². The predicted molar refractivity (Wildman–Crippen MR) is 67.5 cm³/mol. The normalized spacial score (nSPS) is 16.2. The summed E-state index contributed by atoms with van der Waals surface area (Å²) in [6.07, 6.45) is 9.54. The van der Waals surface area contributed by atoms with E-state index in [0.717, 1.165) is 32.1 Å². The zero-order valence-corrected chi connectivity index (χ0v) is 10.5. The molecule has 17 heavy (non-hydrogen) atoms. The van der Waals surface area contributed by atoms with Crippen LogP contribution in [0.2, 0.25) is 0 Å². The second kappa shape index (κ2) is 8.86. The number of amides is 2. The van der Waals surface area contributed by atoms with Crippen LogP contribution < -0.4 is 10.6 Å². The van der Waals surface area contributed by atoms with Gasteiger partial charge in [0.25, 0.3) is 0 Å². The average Bonchev–Trinajstić information content (AvgIpc) is 2.35. The molecule has 1 aliphatic rings. The fourth-order valence-electron chi connectivity index (χ4n) is 2.19. The lowest BCUT2D eigenvalue weighted by Crippen LogP contribution is -2.43. The number of carbonyl (C=O) groups is 1. The molecule has 1 fully saturated rings. The molecule has 96 valence electrons. The maximum Gasteiger partial charge on any atom is 0.315 e. The molecule has 0 spiro atoms. The van der Waals surface area contributed by atoms with Crippen LogP contribution >= 0.6 is 0 Å². The Balaban J connectivity index is 1.95. The molecule has 2 N–H and O–H groups in total. The smallest absolute Gasteiger partial charge is 0.315 e. The molecule has 4 heteroatoms. The van der Waals surface area contributed by atoms with Crippen LogP contribution in [0.15, 0.2) is 0 Å². The van der Waals surface area contributed by atoms with E-state index in [-0.39, 0.29) is 6.03 Å². The molecule has 1 rings (SSSR count). The summed E-state index contributed by atoms with van der Waals surface area (Å²) in [5, 5.41) is 14.3. The van der Waals surface area contributed by atoms with Gasteiger partial charge in [-0.1, -0.05) is 25.7 Å². The lowest BCUT2D eigenvalue weighted by atomic mass is 9.96. The van der Waals surface area contributed by atoms with Crippen molar-refractivity contribution in [2.45, 2.75) is 63.8 Å². The zero-order valence-electron chi connectivity index (χ0n) is 10.5. The molecule has 2 amide bonds. The lowest BCUT2D eigenvalue weighted by molar-refractivity contribution is 0.232. The predicted octanol–water partition coefficient (Wildman–Crippen LogP) is 2.70. The topological polar surface area (TPSA) is 64.9 Å². The molecule has 1 aliphatic carbocycles. The Morgan fingerprint density at radius 2 is 1.94 bits per heavy atom. The minimum absolute atomic E-state index is 0.0304. The van der Waals surface area contributed by atoms with Gasteiger partial charge in [0.2, 0.25) is 0 Å². The fourth-order valence-corrected chi connectivity index (χ4v) is 2.19. The van der Waals surface area contributed by atoms with Crippen LogP contribution in [-0.2, 0) is 0 Å². The van der Waals surface area contributed by atoms with Crippen molar-refractivity contribution in [2.75, 3.05) is 6.54 Å². The van der Waals surface area contributed by atoms with Crippen molar-refractivity contribution in [3.05, 3.63) is 0 Å². The van der Waals surface area contributed by atoms with Crippen molar-refractivity contribution in [1.82, 2.24) is 10.6 Å². The van der Waals surface area contributed by atoms with Gasteiger partial charge in [-0.3, -0.25) is 0 Å². The van der Waals surface area contributed by atoms with Crippen LogP contribution in [0.4, 0.5) is 4.79 Å². The maximum atomic E-state index is 11.5. The van der Waals surface area contributed by atoms with Crippen molar-refractivity contribution < 1.29 is 4.79 Å². The molecule has 0 saturated heterocycles. The molecule has 1 saturated carbocycles. The highest BCUT2D eigenvalue weighted by Crippen LogP contribution is 2.17. The molecular formula is C13H23N3O. The van der Waals surface area contributed by atoms with Gasteiger partial charge in [-0.2, -0.15) is 5.26 Å². The van der Waals surface area contributed by atoms with E-state index in [1.807, 2.05) is 0 Å². The summed E-state index contributed by atoms with van der Waals surface area (Å²) in [6, 6.07) is 2.47. The number of unbranched alkanes of at least 4 members (excludes halogenated alkanes) is 3. The molecule has 0 heterocycles. The molecule has 4 nitrogen and oxygen atoms in total. The third-order valence-electron chi connectivity index (χ3n) is 3.19. The van der Waals surface area contributed by atoms with Crippen molar-refractivity contribution in [3.8, 4) is 6.07 Å². The standard InChI is InChI=1S/C13H23N3O/c14-10-6-1-2-7-11-15-13(17)16-12-8-4-3-5-9-12/h12H,1-9,11H2,(H2,15,16,17). The Morgan fingerprint density at radius 3 is 2.65 bits per heavy atom. The Morgan fingerprint density at radius 1 is 1.18 bits per heavy atom. The second-order valence-electron chi connectivity index (χ2n) is 4.70. The second-order valence-corrected chi connectivity index (χ2v) is 4.70. The molecule has 0 radical (unpaired) electrons. The first kappa shape index (κ1) is 13.8. The van der Waals surface area contributed by atoms with Crippen molar-refractivity contribution in [2.24, 2.45) is 0 Å². The number of nitrogens with one attached hydrogen (secondary N) is 2. The highest BCUT2D eigenvalue weighted by Gasteiger charge is 2.14. The zero-order chi connectivity index (χ0) is 12.3. The number of hydrogen-bond acceptors (Lipinski definition) is 2. The molecule has 0 aliphatic heterocycles. The molecule has 0 unspecified atom stereocenters. The summed E-state index contributed by atoms with van der Waals surface area (Å²) in [6.45, 7) is 0.712. The first-order valence-electron chi connectivity index (χ1n) is 6.74. The van der Waals surface area contributed by atoms with Crippen molar-refractivity contribution in [3.63, 3.8) is 0 Å². The highest BCUT2D eigenvalue weighted by molar-refractivity contribution is 5.74. The van der Waals surface area contributed by atoms with E-state index < -0.39 is 0 Å². The van der Waals surface area contributed by atoms with E-state index in [0.29, 0.717) is 19.0 Å². The summed E-state index contributed by atoms with van der Waals surface area (Å²) in [5.41, 5.74) is 0. The first-order chi connectivity index (χ1) is 8.33. The van der Waals surface area contributed by atoms with Gasteiger partial charge in [0.15, 0.2) is 0 Å². The molecule has 0 aromatic carbocycles. The van der Waals surface area contributed by atoms with Crippen molar-refractivity contribution >= 4 is 6.03 Å². The number of urea groups is 1. The monoisotopic (exact) mass is 237 g/mol. The Kier molecular flexibility index (Phi) is 7.20. The van der Waals surface area contributed by atoms with Gasteiger partial charge in [-0.25, -0.2) is 4.79 Å². The van der Waals surface area contributed by atoms with Crippen LogP contribution in [-0.4, -0.2) is 18.6 Å². The van der Waals surface area contributed by atoms with Crippen LogP contribution in [0, 0.1) is 11.3 Å². The summed E-state index contributed by atoms with van der Waals surface area (Å²) in [7, 11) is 0. The number of hydrogen-bond donors (Lipinski definition) is 2. The van der Waals surface area contributed by atoms with E-state index in [9.17, 15) is 4.79 Å². The summed E-state index contributed by atoms with van der Waals surface area (Å²) in [5.74, 6) is 0. The molecule has 0 atom stereocenters. The molecular weight excluding hydrogens is 214 g/mol. The number of nitriles is 1. The van der Waals surface area contributed by atoms with Gasteiger partial charge in [0.1, 0.15) is 0 Å². The minimum Gasteiger partial charge on any atom is -0.338 e. The van der Waals surface area contributed by atoms with Gasteiger partial charge in [0, 0.05) is 19.0 Å². The third-order valence-corrected chi connectivity index (χ3v) is 3.19. The molecule has 0 aromatic rings. The average molecular weight is 237 g/mol. The van der Waals surface area contributed by atoms with Crippen molar-refractivity contribution in [1.29, 1.82) is 5.26 Å². The van der Waals surface area contributed by atoms with Gasteiger partial charge in [-0.05, 0) is 25.7 Å². The maximum absolute atomic E-state index is 11.5. The van der Waals surface area contributed by atoms with E-state index in [4.69, 9.17) is 5.26 Å². The highest BCUT2D eigenvalue weighted by atomic mass is 16.2. The Bertz CT molecular complexity index is 254. The minimum atomic E-state index is -0.0304. The van der Waals surface area contributed by atoms with E-state index in [1.54, 1.807) is 0 Å². The van der Waals surface area contributed by atoms with Crippen LogP contribution in [0.3, 0.4) is 0 Å². The van der Waals surface area contributed by atoms with Gasteiger partial charge in [0.05, 0.1) is 6.07 Å². The summed E-state index contributed by atoms with van der Waals surface area (Å²) in [4.78, 5) is 11.5. The van der Waals surface area contributed by atoms with Gasteiger partial charge < -0.3 is 10.6 Å². The molecule has 0 bridgehead atoms. The van der Waals surface area contributed by atoms with Crippen LogP contribution in [0.5, 0.6) is 0 Å². The van der Waals surface area contributed by atoms with Crippen LogP contribution in [0.1, 0.15) is 57.8 Å². The van der Waals surface area contributed by atoms with Gasteiger partial charge >= 0.3 is 6.03 Å². The number of carbonyl (C=O) groups excluding carboxylic acids is 1.